The highest BCUT2D eigenvalue weighted by atomic mass is 19.3. The van der Waals surface area contributed by atoms with Gasteiger partial charge in [0.05, 0.1) is 11.7 Å². The lowest BCUT2D eigenvalue weighted by atomic mass is 10.1. The number of H-pyrrole nitrogens is 1. The molecule has 2 aromatic rings. The van der Waals surface area contributed by atoms with Crippen LogP contribution < -0.4 is 10.1 Å². The van der Waals surface area contributed by atoms with Crippen molar-refractivity contribution in [2.24, 2.45) is 0 Å². The summed E-state index contributed by atoms with van der Waals surface area (Å²) in [6.07, 6.45) is -0.288. The van der Waals surface area contributed by atoms with Crippen LogP contribution in [0.1, 0.15) is 51.5 Å². The quantitative estimate of drug-likeness (QED) is 0.730. The molecule has 0 saturated heterocycles. The van der Waals surface area contributed by atoms with Crippen molar-refractivity contribution in [3.8, 4) is 5.75 Å². The van der Waals surface area contributed by atoms with Crippen molar-refractivity contribution in [2.75, 3.05) is 5.32 Å². The Kier molecular flexibility index (Phi) is 6.20. The van der Waals surface area contributed by atoms with E-state index in [2.05, 4.69) is 15.0 Å². The minimum Gasteiger partial charge on any atom is -0.459 e. The Bertz CT molecular complexity index is 860. The van der Waals surface area contributed by atoms with Crippen molar-refractivity contribution in [3.05, 3.63) is 46.3 Å². The fourth-order valence-corrected chi connectivity index (χ4v) is 2.71. The van der Waals surface area contributed by atoms with Gasteiger partial charge < -0.3 is 19.8 Å². The van der Waals surface area contributed by atoms with Gasteiger partial charge in [-0.15, -0.1) is 0 Å². The number of nitrogens with one attached hydrogen (secondary N) is 2. The Morgan fingerprint density at radius 2 is 1.78 bits per heavy atom. The summed E-state index contributed by atoms with van der Waals surface area (Å²) in [5.74, 6) is -1.04. The van der Waals surface area contributed by atoms with Crippen molar-refractivity contribution >= 4 is 17.6 Å². The maximum absolute atomic E-state index is 12.6. The molecule has 0 radical (unpaired) electrons. The summed E-state index contributed by atoms with van der Waals surface area (Å²) in [5.41, 5.74) is 2.16. The summed E-state index contributed by atoms with van der Waals surface area (Å²) in [6.45, 7) is 5.38. The van der Waals surface area contributed by atoms with Gasteiger partial charge in [-0.1, -0.05) is 6.07 Å². The van der Waals surface area contributed by atoms with Gasteiger partial charge in [-0.25, -0.2) is 4.79 Å². The Labute approximate surface area is 155 Å². The van der Waals surface area contributed by atoms with E-state index in [9.17, 15) is 18.4 Å². The molecule has 6 nitrogen and oxygen atoms in total. The number of rotatable bonds is 6. The summed E-state index contributed by atoms with van der Waals surface area (Å²) in [7, 11) is 0. The highest BCUT2D eigenvalue weighted by Gasteiger charge is 2.24. The average molecular weight is 380 g/mol. The molecule has 2 N–H and O–H groups in total. The molecule has 0 aliphatic heterocycles. The van der Waals surface area contributed by atoms with Gasteiger partial charge in [0.2, 0.25) is 0 Å². The normalized spacial score (nSPS) is 11.0. The molecule has 27 heavy (non-hydrogen) atoms. The molecule has 146 valence electrons. The molecule has 0 saturated carbocycles. The molecule has 0 aliphatic rings. The van der Waals surface area contributed by atoms with E-state index in [1.54, 1.807) is 40.7 Å². The van der Waals surface area contributed by atoms with Crippen molar-refractivity contribution in [1.82, 2.24) is 4.98 Å². The highest BCUT2D eigenvalue weighted by molar-refractivity contribution is 6.07. The minimum atomic E-state index is -2.96. The molecule has 0 aliphatic carbocycles. The van der Waals surface area contributed by atoms with Crippen molar-refractivity contribution in [1.29, 1.82) is 0 Å². The number of aryl methyl sites for hydroxylation is 1. The number of esters is 1. The molecule has 1 aromatic carbocycles. The van der Waals surface area contributed by atoms with E-state index < -0.39 is 18.5 Å². The van der Waals surface area contributed by atoms with Crippen molar-refractivity contribution in [2.45, 2.75) is 47.3 Å². The number of benzene rings is 1. The van der Waals surface area contributed by atoms with E-state index >= 15 is 0 Å². The summed E-state index contributed by atoms with van der Waals surface area (Å²) >= 11 is 0. The zero-order chi connectivity index (χ0) is 20.3. The van der Waals surface area contributed by atoms with Gasteiger partial charge in [-0.05, 0) is 52.3 Å². The van der Waals surface area contributed by atoms with Gasteiger partial charge in [0, 0.05) is 16.9 Å². The van der Waals surface area contributed by atoms with Crippen molar-refractivity contribution in [3.63, 3.8) is 0 Å². The van der Waals surface area contributed by atoms with Crippen LogP contribution in [0.3, 0.4) is 0 Å². The fraction of sp³-hybridized carbons (Fsp3) is 0.368. The van der Waals surface area contributed by atoms with E-state index in [4.69, 9.17) is 4.74 Å². The predicted octanol–water partition coefficient (Wildman–Crippen LogP) is 4.36. The van der Waals surface area contributed by atoms with E-state index in [-0.39, 0.29) is 17.5 Å². The molecular formula is C19H22F2N2O4. The maximum atomic E-state index is 12.6. The van der Waals surface area contributed by atoms with Gasteiger partial charge in [-0.2, -0.15) is 8.78 Å². The number of ether oxygens (including phenoxy) is 2. The lowest BCUT2D eigenvalue weighted by Gasteiger charge is -2.13. The number of anilines is 1. The number of halogens is 2. The first-order valence-corrected chi connectivity index (χ1v) is 8.37. The lowest BCUT2D eigenvalue weighted by Crippen LogP contribution is -2.16. The fourth-order valence-electron chi connectivity index (χ4n) is 2.71. The number of hydrogen-bond donors (Lipinski definition) is 2. The van der Waals surface area contributed by atoms with E-state index in [1.165, 1.54) is 12.1 Å². The third-order valence-electron chi connectivity index (χ3n) is 3.96. The SMILES string of the molecule is Cc1[nH]c(C(=O)Nc2cccc(OC(F)F)c2C)c(C)c1C(=O)OC(C)C. The molecule has 0 fully saturated rings. The largest absolute Gasteiger partial charge is 0.459 e. The van der Waals surface area contributed by atoms with Gasteiger partial charge in [0.25, 0.3) is 5.91 Å². The number of aromatic amines is 1. The number of alkyl halides is 2. The highest BCUT2D eigenvalue weighted by Crippen LogP contribution is 2.28. The molecule has 0 bridgehead atoms. The second-order valence-electron chi connectivity index (χ2n) is 6.34. The number of hydrogen-bond acceptors (Lipinski definition) is 4. The van der Waals surface area contributed by atoms with Crippen LogP contribution >= 0.6 is 0 Å². The lowest BCUT2D eigenvalue weighted by molar-refractivity contribution is -0.0502. The summed E-state index contributed by atoms with van der Waals surface area (Å²) in [6, 6.07) is 4.46. The molecule has 1 amide bonds. The second-order valence-corrected chi connectivity index (χ2v) is 6.34. The molecule has 0 atom stereocenters. The van der Waals surface area contributed by atoms with Gasteiger partial charge in [0.15, 0.2) is 0 Å². The first-order chi connectivity index (χ1) is 12.6. The van der Waals surface area contributed by atoms with Crippen LogP contribution in [0.4, 0.5) is 14.5 Å². The Balaban J connectivity index is 2.29. The van der Waals surface area contributed by atoms with Gasteiger partial charge >= 0.3 is 12.6 Å². The molecule has 0 unspecified atom stereocenters. The number of carbonyl (C=O) groups excluding carboxylic acids is 2. The molecular weight excluding hydrogens is 358 g/mol. The van der Waals surface area contributed by atoms with Crippen LogP contribution in [-0.2, 0) is 4.74 Å². The smallest absolute Gasteiger partial charge is 0.387 e. The molecule has 2 rings (SSSR count). The van der Waals surface area contributed by atoms with E-state index in [0.717, 1.165) is 0 Å². The standard InChI is InChI=1S/C19H22F2N2O4/c1-9(2)26-18(25)15-11(4)16(22-12(15)5)17(24)23-13-7-6-8-14(10(13)3)27-19(20)21/h6-9,19,22H,1-5H3,(H,23,24). The van der Waals surface area contributed by atoms with Crippen LogP contribution in [-0.4, -0.2) is 29.6 Å². The van der Waals surface area contributed by atoms with Gasteiger partial charge in [0.1, 0.15) is 11.4 Å². The molecule has 0 spiro atoms. The molecule has 8 heteroatoms. The third kappa shape index (κ3) is 4.64. The predicted molar refractivity (Wildman–Crippen MR) is 96.6 cm³/mol. The number of carbonyl (C=O) groups is 2. The first kappa shape index (κ1) is 20.4. The maximum Gasteiger partial charge on any atom is 0.387 e. The average Bonchev–Trinajstić information content (AvgIpc) is 2.85. The van der Waals surface area contributed by atoms with E-state index in [0.29, 0.717) is 28.1 Å². The number of amides is 1. The zero-order valence-electron chi connectivity index (χ0n) is 15.8. The Hall–Kier alpha value is -2.90. The van der Waals surface area contributed by atoms with Crippen LogP contribution in [0.25, 0.3) is 0 Å². The Morgan fingerprint density at radius 3 is 2.37 bits per heavy atom. The molecule has 1 aromatic heterocycles. The molecule has 1 heterocycles. The van der Waals surface area contributed by atoms with Crippen molar-refractivity contribution < 1.29 is 27.8 Å². The van der Waals surface area contributed by atoms with Crippen LogP contribution in [0, 0.1) is 20.8 Å². The first-order valence-electron chi connectivity index (χ1n) is 8.37. The van der Waals surface area contributed by atoms with Crippen LogP contribution in [0.2, 0.25) is 0 Å². The zero-order valence-corrected chi connectivity index (χ0v) is 15.8. The summed E-state index contributed by atoms with van der Waals surface area (Å²) in [5, 5.41) is 2.65. The van der Waals surface area contributed by atoms with Crippen LogP contribution in [0.15, 0.2) is 18.2 Å². The Morgan fingerprint density at radius 1 is 1.11 bits per heavy atom. The monoisotopic (exact) mass is 380 g/mol. The second kappa shape index (κ2) is 8.20. The minimum absolute atomic E-state index is 0.0246. The van der Waals surface area contributed by atoms with E-state index in [1.807, 2.05) is 0 Å². The van der Waals surface area contributed by atoms with Crippen LogP contribution in [0.5, 0.6) is 5.75 Å². The van der Waals surface area contributed by atoms with Gasteiger partial charge in [-0.3, -0.25) is 4.79 Å². The number of aromatic nitrogens is 1. The summed E-state index contributed by atoms with van der Waals surface area (Å²) in [4.78, 5) is 27.8. The third-order valence-corrected chi connectivity index (χ3v) is 3.96. The summed E-state index contributed by atoms with van der Waals surface area (Å²) < 4.78 is 34.6. The topological polar surface area (TPSA) is 80.4 Å².